The van der Waals surface area contributed by atoms with Gasteiger partial charge in [0.15, 0.2) is 16.9 Å². The topological polar surface area (TPSA) is 86.9 Å². The van der Waals surface area contributed by atoms with Crippen LogP contribution in [0.4, 0.5) is 0 Å². The number of hydrogen-bond donors (Lipinski definition) is 0. The van der Waals surface area contributed by atoms with Gasteiger partial charge in [0.05, 0.1) is 19.3 Å². The van der Waals surface area contributed by atoms with Gasteiger partial charge in [-0.2, -0.15) is 0 Å². The summed E-state index contributed by atoms with van der Waals surface area (Å²) in [5, 5.41) is 0. The highest BCUT2D eigenvalue weighted by molar-refractivity contribution is 5.94. The Morgan fingerprint density at radius 1 is 0.867 bits per heavy atom. The zero-order valence-electron chi connectivity index (χ0n) is 16.5. The van der Waals surface area contributed by atoms with Gasteiger partial charge in [-0.3, -0.25) is 18.7 Å². The summed E-state index contributed by atoms with van der Waals surface area (Å²) in [4.78, 5) is 47.1. The standard InChI is InChI=1S/C23H20N4O3/c1-2-19(28)18-13-24-20-21(25-18)26(14-16-9-5-3-6-10-16)23(30)27(22(20)29)15-17-11-7-4-8-12-17/h3-13H,2,14-15H2,1H3. The Bertz CT molecular complexity index is 1330. The van der Waals surface area contributed by atoms with Gasteiger partial charge in [-0.15, -0.1) is 0 Å². The molecule has 0 aliphatic heterocycles. The van der Waals surface area contributed by atoms with Crippen LogP contribution in [-0.4, -0.2) is 24.9 Å². The van der Waals surface area contributed by atoms with Gasteiger partial charge in [0.2, 0.25) is 0 Å². The summed E-state index contributed by atoms with van der Waals surface area (Å²) in [5.74, 6) is -0.198. The van der Waals surface area contributed by atoms with Gasteiger partial charge in [-0.25, -0.2) is 14.8 Å². The van der Waals surface area contributed by atoms with Crippen LogP contribution in [0.2, 0.25) is 0 Å². The second-order valence-electron chi connectivity index (χ2n) is 6.94. The van der Waals surface area contributed by atoms with Crippen LogP contribution in [0.3, 0.4) is 0 Å². The molecule has 0 bridgehead atoms. The molecule has 0 aliphatic rings. The normalized spacial score (nSPS) is 11.0. The summed E-state index contributed by atoms with van der Waals surface area (Å²) in [6.45, 7) is 2.06. The number of fused-ring (bicyclic) bond motifs is 1. The second kappa shape index (κ2) is 8.24. The van der Waals surface area contributed by atoms with Crippen LogP contribution >= 0.6 is 0 Å². The van der Waals surface area contributed by atoms with Crippen LogP contribution < -0.4 is 11.2 Å². The molecule has 0 N–H and O–H groups in total. The molecule has 7 heteroatoms. The predicted octanol–water partition coefficient (Wildman–Crippen LogP) is 2.64. The van der Waals surface area contributed by atoms with Crippen molar-refractivity contribution in [1.82, 2.24) is 19.1 Å². The van der Waals surface area contributed by atoms with Crippen molar-refractivity contribution < 1.29 is 4.79 Å². The maximum absolute atomic E-state index is 13.3. The summed E-state index contributed by atoms with van der Waals surface area (Å²) in [6, 6.07) is 18.7. The third kappa shape index (κ3) is 3.69. The van der Waals surface area contributed by atoms with Crippen LogP contribution in [0, 0.1) is 0 Å². The van der Waals surface area contributed by atoms with Gasteiger partial charge in [0, 0.05) is 6.42 Å². The SMILES string of the molecule is CCC(=O)c1cnc2c(=O)n(Cc3ccccc3)c(=O)n(Cc3ccccc3)c2n1. The lowest BCUT2D eigenvalue weighted by Crippen LogP contribution is -2.41. The highest BCUT2D eigenvalue weighted by Crippen LogP contribution is 2.10. The number of hydrogen-bond acceptors (Lipinski definition) is 5. The zero-order chi connectivity index (χ0) is 21.1. The van der Waals surface area contributed by atoms with Crippen molar-refractivity contribution in [3.8, 4) is 0 Å². The number of rotatable bonds is 6. The molecule has 4 rings (SSSR count). The lowest BCUT2D eigenvalue weighted by Gasteiger charge is -2.14. The van der Waals surface area contributed by atoms with E-state index in [-0.39, 0.29) is 42.2 Å². The van der Waals surface area contributed by atoms with E-state index in [9.17, 15) is 14.4 Å². The summed E-state index contributed by atoms with van der Waals surface area (Å²) < 4.78 is 2.57. The average Bonchev–Trinajstić information content (AvgIpc) is 2.80. The van der Waals surface area contributed by atoms with Gasteiger partial charge in [0.1, 0.15) is 5.69 Å². The Labute approximate surface area is 172 Å². The fraction of sp³-hybridized carbons (Fsp3) is 0.174. The monoisotopic (exact) mass is 400 g/mol. The lowest BCUT2D eigenvalue weighted by atomic mass is 10.2. The first kappa shape index (κ1) is 19.4. The molecule has 0 saturated heterocycles. The van der Waals surface area contributed by atoms with Gasteiger partial charge in [0.25, 0.3) is 5.56 Å². The van der Waals surface area contributed by atoms with Crippen LogP contribution in [0.5, 0.6) is 0 Å². The maximum Gasteiger partial charge on any atom is 0.333 e. The maximum atomic E-state index is 13.3. The van der Waals surface area contributed by atoms with Crippen molar-refractivity contribution in [1.29, 1.82) is 0 Å². The fourth-order valence-electron chi connectivity index (χ4n) is 3.30. The molecule has 0 amide bonds. The number of Topliss-reactive ketones (excluding diaryl/α,β-unsaturated/α-hetero) is 1. The molecule has 4 aromatic rings. The Kier molecular flexibility index (Phi) is 5.34. The summed E-state index contributed by atoms with van der Waals surface area (Å²) in [6.07, 6.45) is 1.56. The van der Waals surface area contributed by atoms with E-state index in [0.29, 0.717) is 0 Å². The van der Waals surface area contributed by atoms with E-state index in [4.69, 9.17) is 0 Å². The number of ketones is 1. The van der Waals surface area contributed by atoms with Gasteiger partial charge >= 0.3 is 5.69 Å². The Balaban J connectivity index is 1.96. The molecule has 0 saturated carbocycles. The number of nitrogens with zero attached hydrogens (tertiary/aromatic N) is 4. The summed E-state index contributed by atoms with van der Waals surface area (Å²) in [7, 11) is 0. The van der Waals surface area contributed by atoms with E-state index < -0.39 is 11.2 Å². The first-order valence-electron chi connectivity index (χ1n) is 9.70. The Morgan fingerprint density at radius 3 is 2.00 bits per heavy atom. The van der Waals surface area contributed by atoms with E-state index in [1.165, 1.54) is 10.8 Å². The zero-order valence-corrected chi connectivity index (χ0v) is 16.5. The summed E-state index contributed by atoms with van der Waals surface area (Å²) >= 11 is 0. The molecular formula is C23H20N4O3. The first-order valence-corrected chi connectivity index (χ1v) is 9.70. The van der Waals surface area contributed by atoms with Gasteiger partial charge in [-0.05, 0) is 11.1 Å². The highest BCUT2D eigenvalue weighted by atomic mass is 16.2. The molecule has 0 atom stereocenters. The van der Waals surface area contributed by atoms with E-state index >= 15 is 0 Å². The number of aromatic nitrogens is 4. The fourth-order valence-corrected chi connectivity index (χ4v) is 3.30. The van der Waals surface area contributed by atoms with Crippen LogP contribution in [0.25, 0.3) is 11.2 Å². The van der Waals surface area contributed by atoms with Crippen molar-refractivity contribution in [3.05, 3.63) is 105 Å². The van der Waals surface area contributed by atoms with Crippen molar-refractivity contribution in [2.45, 2.75) is 26.4 Å². The van der Waals surface area contributed by atoms with Crippen molar-refractivity contribution in [3.63, 3.8) is 0 Å². The average molecular weight is 400 g/mol. The van der Waals surface area contributed by atoms with E-state index in [2.05, 4.69) is 9.97 Å². The molecule has 2 aromatic carbocycles. The quantitative estimate of drug-likeness (QED) is 0.465. The second-order valence-corrected chi connectivity index (χ2v) is 6.94. The van der Waals surface area contributed by atoms with Crippen LogP contribution in [-0.2, 0) is 13.1 Å². The molecule has 150 valence electrons. The third-order valence-corrected chi connectivity index (χ3v) is 4.89. The van der Waals surface area contributed by atoms with Crippen LogP contribution in [0.1, 0.15) is 35.0 Å². The van der Waals surface area contributed by atoms with E-state index in [1.807, 2.05) is 60.7 Å². The predicted molar refractivity (Wildman–Crippen MR) is 114 cm³/mol. The Hall–Kier alpha value is -3.87. The molecule has 0 aliphatic carbocycles. The van der Waals surface area contributed by atoms with E-state index in [0.717, 1.165) is 15.7 Å². The molecule has 0 unspecified atom stereocenters. The van der Waals surface area contributed by atoms with Crippen molar-refractivity contribution >= 4 is 16.9 Å². The van der Waals surface area contributed by atoms with Crippen molar-refractivity contribution in [2.75, 3.05) is 0 Å². The minimum Gasteiger partial charge on any atom is -0.292 e. The van der Waals surface area contributed by atoms with E-state index in [1.54, 1.807) is 6.92 Å². The molecule has 2 heterocycles. The molecule has 7 nitrogen and oxygen atoms in total. The molecule has 30 heavy (non-hydrogen) atoms. The molecular weight excluding hydrogens is 380 g/mol. The first-order chi connectivity index (χ1) is 14.6. The minimum atomic E-state index is -0.522. The minimum absolute atomic E-state index is 0.0640. The molecule has 2 aromatic heterocycles. The van der Waals surface area contributed by atoms with Crippen molar-refractivity contribution in [2.24, 2.45) is 0 Å². The largest absolute Gasteiger partial charge is 0.333 e. The van der Waals surface area contributed by atoms with Crippen LogP contribution in [0.15, 0.2) is 76.4 Å². The number of carbonyl (C=O) groups is 1. The van der Waals surface area contributed by atoms with Gasteiger partial charge < -0.3 is 0 Å². The lowest BCUT2D eigenvalue weighted by molar-refractivity contribution is 0.0983. The smallest absolute Gasteiger partial charge is 0.292 e. The number of carbonyl (C=O) groups excluding carboxylic acids is 1. The third-order valence-electron chi connectivity index (χ3n) is 4.89. The van der Waals surface area contributed by atoms with Gasteiger partial charge in [-0.1, -0.05) is 67.6 Å². The summed E-state index contributed by atoms with van der Waals surface area (Å²) in [5.41, 5.74) is 1.02. The molecule has 0 fully saturated rings. The molecule has 0 spiro atoms. The molecule has 0 radical (unpaired) electrons. The Morgan fingerprint density at radius 2 is 1.43 bits per heavy atom. The number of benzene rings is 2. The highest BCUT2D eigenvalue weighted by Gasteiger charge is 2.18.